The molecule has 0 aliphatic carbocycles. The summed E-state index contributed by atoms with van der Waals surface area (Å²) in [4.78, 5) is 45.5. The van der Waals surface area contributed by atoms with Gasteiger partial charge in [0.1, 0.15) is 0 Å². The van der Waals surface area contributed by atoms with E-state index in [9.17, 15) is 14.4 Å². The van der Waals surface area contributed by atoms with Crippen LogP contribution in [0.5, 0.6) is 0 Å². The number of ketones is 1. The summed E-state index contributed by atoms with van der Waals surface area (Å²) < 4.78 is 0. The third kappa shape index (κ3) is 3.93. The van der Waals surface area contributed by atoms with Gasteiger partial charge < -0.3 is 14.8 Å². The van der Waals surface area contributed by atoms with Crippen molar-refractivity contribution < 1.29 is 14.4 Å². The Morgan fingerprint density at radius 3 is 2.24 bits per heavy atom. The number of carbonyl (C=O) groups is 3. The van der Waals surface area contributed by atoms with Gasteiger partial charge in [-0.2, -0.15) is 0 Å². The lowest BCUT2D eigenvalue weighted by molar-refractivity contribution is -0.139. The fourth-order valence-corrected chi connectivity index (χ4v) is 4.70. The highest BCUT2D eigenvalue weighted by molar-refractivity contribution is 6.45. The minimum Gasteiger partial charge on any atom is -0.358 e. The fraction of sp³-hybridized carbons (Fsp3) is 0.522. The maximum absolute atomic E-state index is 13.0. The van der Waals surface area contributed by atoms with Gasteiger partial charge >= 0.3 is 0 Å². The number of hydrogen-bond acceptors (Lipinski definition) is 3. The number of nitrogens with one attached hydrogen (secondary N) is 1. The lowest BCUT2D eigenvalue weighted by atomic mass is 9.94. The molecule has 1 aromatic carbocycles. The summed E-state index contributed by atoms with van der Waals surface area (Å²) >= 11 is 0. The average Bonchev–Trinajstić information content (AvgIpc) is 2.91. The van der Waals surface area contributed by atoms with Crippen LogP contribution in [-0.4, -0.2) is 58.6 Å². The Morgan fingerprint density at radius 2 is 1.55 bits per heavy atom. The van der Waals surface area contributed by atoms with Crippen molar-refractivity contribution in [2.24, 2.45) is 5.92 Å². The van der Waals surface area contributed by atoms with E-state index < -0.39 is 11.7 Å². The Balaban J connectivity index is 1.40. The summed E-state index contributed by atoms with van der Waals surface area (Å²) in [6.45, 7) is 4.48. The molecule has 1 aromatic heterocycles. The van der Waals surface area contributed by atoms with Crippen LogP contribution in [0.2, 0.25) is 0 Å². The normalized spacial score (nSPS) is 18.7. The summed E-state index contributed by atoms with van der Waals surface area (Å²) in [5.74, 6) is -0.712. The zero-order valence-corrected chi connectivity index (χ0v) is 17.1. The van der Waals surface area contributed by atoms with Crippen molar-refractivity contribution in [2.45, 2.75) is 45.4 Å². The highest BCUT2D eigenvalue weighted by Gasteiger charge is 2.33. The zero-order valence-electron chi connectivity index (χ0n) is 17.1. The number of aryl methyl sites for hydroxylation is 1. The first-order chi connectivity index (χ1) is 14.1. The van der Waals surface area contributed by atoms with Crippen molar-refractivity contribution in [1.29, 1.82) is 0 Å². The van der Waals surface area contributed by atoms with Crippen LogP contribution in [0.4, 0.5) is 0 Å². The van der Waals surface area contributed by atoms with Gasteiger partial charge in [0.25, 0.3) is 11.7 Å². The second-order valence-electron chi connectivity index (χ2n) is 8.31. The third-order valence-electron chi connectivity index (χ3n) is 6.36. The number of likely N-dealkylation sites (tertiary alicyclic amines) is 2. The Morgan fingerprint density at radius 1 is 0.897 bits per heavy atom. The topological polar surface area (TPSA) is 73.5 Å². The van der Waals surface area contributed by atoms with E-state index in [0.29, 0.717) is 31.5 Å². The van der Waals surface area contributed by atoms with Crippen molar-refractivity contribution in [2.75, 3.05) is 26.2 Å². The zero-order chi connectivity index (χ0) is 20.4. The molecule has 2 fully saturated rings. The van der Waals surface area contributed by atoms with Crippen LogP contribution in [0.3, 0.4) is 0 Å². The number of nitrogens with zero attached hydrogens (tertiary/aromatic N) is 2. The first kappa shape index (κ1) is 19.7. The van der Waals surface area contributed by atoms with Gasteiger partial charge in [0, 0.05) is 48.7 Å². The Kier molecular flexibility index (Phi) is 5.69. The Hall–Kier alpha value is -2.63. The minimum absolute atomic E-state index is 0.0259. The van der Waals surface area contributed by atoms with Crippen LogP contribution in [0.25, 0.3) is 10.9 Å². The van der Waals surface area contributed by atoms with Crippen LogP contribution in [0.15, 0.2) is 24.3 Å². The number of amides is 2. The number of carbonyl (C=O) groups excluding carboxylic acids is 3. The van der Waals surface area contributed by atoms with Crippen molar-refractivity contribution in [1.82, 2.24) is 14.8 Å². The van der Waals surface area contributed by atoms with Crippen molar-refractivity contribution >= 4 is 28.5 Å². The molecule has 29 heavy (non-hydrogen) atoms. The summed E-state index contributed by atoms with van der Waals surface area (Å²) in [7, 11) is 0. The number of rotatable bonds is 3. The van der Waals surface area contributed by atoms with E-state index in [1.54, 1.807) is 4.90 Å². The molecule has 2 saturated heterocycles. The molecule has 2 aliphatic heterocycles. The Bertz CT molecular complexity index is 917. The number of hydrogen-bond donors (Lipinski definition) is 1. The van der Waals surface area contributed by atoms with E-state index in [1.165, 1.54) is 12.8 Å². The molecule has 154 valence electrons. The van der Waals surface area contributed by atoms with E-state index in [-0.39, 0.29) is 11.8 Å². The standard InChI is InChI=1S/C23H29N3O3/c1-16-20(18-8-4-5-9-19(18)24-16)21(27)23(29)26-14-10-17(11-15-26)22(28)25-12-6-2-3-7-13-25/h4-5,8-9,17,24H,2-3,6-7,10-15H2,1H3. The van der Waals surface area contributed by atoms with Gasteiger partial charge in [-0.1, -0.05) is 31.0 Å². The Labute approximate surface area is 171 Å². The number of para-hydroxylation sites is 1. The van der Waals surface area contributed by atoms with Crippen molar-refractivity contribution in [3.8, 4) is 0 Å². The number of aromatic amines is 1. The molecular formula is C23H29N3O3. The number of fused-ring (bicyclic) bond motifs is 1. The highest BCUT2D eigenvalue weighted by atomic mass is 16.2. The quantitative estimate of drug-likeness (QED) is 0.640. The van der Waals surface area contributed by atoms with E-state index in [4.69, 9.17) is 0 Å². The highest BCUT2D eigenvalue weighted by Crippen LogP contribution is 2.25. The molecule has 0 radical (unpaired) electrons. The number of benzene rings is 1. The lowest BCUT2D eigenvalue weighted by Gasteiger charge is -2.33. The second kappa shape index (κ2) is 8.39. The van der Waals surface area contributed by atoms with Crippen molar-refractivity contribution in [3.63, 3.8) is 0 Å². The number of H-pyrrole nitrogens is 1. The predicted molar refractivity (Wildman–Crippen MR) is 112 cm³/mol. The number of aromatic nitrogens is 1. The molecule has 2 amide bonds. The maximum Gasteiger partial charge on any atom is 0.295 e. The van der Waals surface area contributed by atoms with E-state index in [1.807, 2.05) is 36.1 Å². The van der Waals surface area contributed by atoms with Crippen LogP contribution in [0, 0.1) is 12.8 Å². The molecule has 1 N–H and O–H groups in total. The van der Waals surface area contributed by atoms with E-state index in [0.717, 1.165) is 42.5 Å². The van der Waals surface area contributed by atoms with Gasteiger partial charge in [-0.15, -0.1) is 0 Å². The van der Waals surface area contributed by atoms with Gasteiger partial charge in [0.2, 0.25) is 5.91 Å². The smallest absolute Gasteiger partial charge is 0.295 e. The first-order valence-electron chi connectivity index (χ1n) is 10.8. The van der Waals surface area contributed by atoms with Gasteiger partial charge in [-0.3, -0.25) is 14.4 Å². The molecule has 3 heterocycles. The van der Waals surface area contributed by atoms with E-state index in [2.05, 4.69) is 4.98 Å². The van der Waals surface area contributed by atoms with Crippen LogP contribution in [0.1, 0.15) is 54.6 Å². The third-order valence-corrected chi connectivity index (χ3v) is 6.36. The fourth-order valence-electron chi connectivity index (χ4n) is 4.70. The molecule has 0 spiro atoms. The van der Waals surface area contributed by atoms with E-state index >= 15 is 0 Å². The molecular weight excluding hydrogens is 366 g/mol. The summed E-state index contributed by atoms with van der Waals surface area (Å²) in [5.41, 5.74) is 2.05. The number of Topliss-reactive ketones (excluding diaryl/α,β-unsaturated/α-hetero) is 1. The van der Waals surface area contributed by atoms with Crippen LogP contribution >= 0.6 is 0 Å². The van der Waals surface area contributed by atoms with Gasteiger partial charge in [0.05, 0.1) is 5.56 Å². The molecule has 0 atom stereocenters. The predicted octanol–water partition coefficient (Wildman–Crippen LogP) is 3.30. The summed E-state index contributed by atoms with van der Waals surface area (Å²) in [5, 5.41) is 0.787. The summed E-state index contributed by atoms with van der Waals surface area (Å²) in [6.07, 6.45) is 5.85. The number of piperidine rings is 1. The lowest BCUT2D eigenvalue weighted by Crippen LogP contribution is -2.46. The molecule has 6 heteroatoms. The molecule has 4 rings (SSSR count). The average molecular weight is 396 g/mol. The monoisotopic (exact) mass is 395 g/mol. The van der Waals surface area contributed by atoms with Crippen LogP contribution < -0.4 is 0 Å². The molecule has 2 aliphatic rings. The van der Waals surface area contributed by atoms with Gasteiger partial charge in [-0.05, 0) is 38.7 Å². The molecule has 0 unspecified atom stereocenters. The molecule has 0 bridgehead atoms. The molecule has 0 saturated carbocycles. The van der Waals surface area contributed by atoms with Gasteiger partial charge in [0.15, 0.2) is 0 Å². The first-order valence-corrected chi connectivity index (χ1v) is 10.8. The minimum atomic E-state index is -0.461. The second-order valence-corrected chi connectivity index (χ2v) is 8.31. The van der Waals surface area contributed by atoms with Crippen molar-refractivity contribution in [3.05, 3.63) is 35.5 Å². The van der Waals surface area contributed by atoms with Crippen LogP contribution in [-0.2, 0) is 9.59 Å². The molecule has 6 nitrogen and oxygen atoms in total. The van der Waals surface area contributed by atoms with Gasteiger partial charge in [-0.25, -0.2) is 0 Å². The molecule has 2 aromatic rings. The largest absolute Gasteiger partial charge is 0.358 e. The SMILES string of the molecule is Cc1[nH]c2ccccc2c1C(=O)C(=O)N1CCC(C(=O)N2CCCCCC2)CC1. The summed E-state index contributed by atoms with van der Waals surface area (Å²) in [6, 6.07) is 7.55. The maximum atomic E-state index is 13.0.